The number of fused-ring (bicyclic) bond motifs is 6. The molecule has 0 spiro atoms. The molecule has 5 aromatic rings. The summed E-state index contributed by atoms with van der Waals surface area (Å²) in [6.45, 7) is 10.7. The summed E-state index contributed by atoms with van der Waals surface area (Å²) in [5.74, 6) is 1.36. The first kappa shape index (κ1) is 58.4. The van der Waals surface area contributed by atoms with Crippen LogP contribution in [-0.4, -0.2) is 104 Å². The Kier molecular flexibility index (Phi) is 18.8. The third-order valence-corrected chi connectivity index (χ3v) is 20.8. The van der Waals surface area contributed by atoms with Gasteiger partial charge < -0.3 is 39.5 Å². The molecule has 0 aliphatic carbocycles. The first-order chi connectivity index (χ1) is 38.4. The number of nitrogens with zero attached hydrogens (tertiary/aromatic N) is 3. The van der Waals surface area contributed by atoms with Crippen LogP contribution < -0.4 is 29.7 Å². The molecule has 18 heteroatoms. The van der Waals surface area contributed by atoms with Crippen molar-refractivity contribution >= 4 is 72.3 Å². The van der Waals surface area contributed by atoms with Crippen molar-refractivity contribution in [2.75, 3.05) is 55.6 Å². The molecule has 2 N–H and O–H groups in total. The minimum absolute atomic E-state index is 0.00721. The van der Waals surface area contributed by atoms with E-state index in [9.17, 15) is 27.6 Å². The second-order valence-corrected chi connectivity index (χ2v) is 27.1. The minimum atomic E-state index is -4.03. The molecule has 4 aliphatic heterocycles. The number of carbonyl (C=O) groups is 4. The molecule has 9 rings (SSSR count). The first-order valence-corrected chi connectivity index (χ1v) is 31.6. The van der Waals surface area contributed by atoms with Crippen molar-refractivity contribution in [2.45, 2.75) is 140 Å². The van der Waals surface area contributed by atoms with Gasteiger partial charge in [0.25, 0.3) is 21.9 Å². The normalized spacial score (nSPS) is 17.1. The molecule has 4 heterocycles. The summed E-state index contributed by atoms with van der Waals surface area (Å²) < 4.78 is 49.0. The van der Waals surface area contributed by atoms with E-state index in [0.717, 1.165) is 67.2 Å². The molecule has 15 nitrogen and oxygen atoms in total. The van der Waals surface area contributed by atoms with Gasteiger partial charge in [-0.1, -0.05) is 96.3 Å². The summed E-state index contributed by atoms with van der Waals surface area (Å²) in [4.78, 5) is 61.4. The van der Waals surface area contributed by atoms with Crippen LogP contribution in [0.2, 0.25) is 0 Å². The van der Waals surface area contributed by atoms with Crippen LogP contribution in [0.15, 0.2) is 91.0 Å². The van der Waals surface area contributed by atoms with Crippen molar-refractivity contribution < 1.29 is 46.0 Å². The molecule has 1 unspecified atom stereocenters. The number of aryl methyl sites for hydroxylation is 1. The topological polar surface area (TPSA) is 173 Å². The first-order valence-electron chi connectivity index (χ1n) is 27.8. The second-order valence-electron chi connectivity index (χ2n) is 22.1. The standard InChI is InChI=1S/C62H75N5O10S3/c1-8-9-10-11-20-54(68)58(80(72,73)75-7)22-24-78-79-62(3,4)23-21-59(69)64-47-27-41(38-76-55-33-53-51(25-40(55)2)61(71)67-36-46-19-15-13-17-44(46)30-49(67)37-65(53)5)26-42(28-47)39-77-57-32-52-50(31-56(57)74-6)60(70)66-35-45-18-14-12-16-43(45)29-48(66)34-63-52/h12-19,25-28,31-33,48-49,58,63H,8-11,20-24,29-30,34-39H2,1-7H3,(H,64,69)/t48-,49-,58?/m0/s1. The average Bonchev–Trinajstić information content (AvgIpc) is 3.65. The fourth-order valence-corrected chi connectivity index (χ4v) is 15.1. The molecule has 3 atom stereocenters. The molecule has 0 radical (unpaired) electrons. The molecule has 0 bridgehead atoms. The average molecular weight is 1150 g/mol. The van der Waals surface area contributed by atoms with E-state index < -0.39 is 15.4 Å². The number of hydrogen-bond donors (Lipinski definition) is 2. The van der Waals surface area contributed by atoms with Gasteiger partial charge in [0, 0.05) is 74.4 Å². The van der Waals surface area contributed by atoms with E-state index in [4.69, 9.17) is 18.4 Å². The zero-order valence-electron chi connectivity index (χ0n) is 47.1. The van der Waals surface area contributed by atoms with E-state index in [1.807, 2.05) is 92.2 Å². The van der Waals surface area contributed by atoms with Crippen LogP contribution in [0.5, 0.6) is 17.2 Å². The number of unbranched alkanes of at least 4 members (excludes halogenated alkanes) is 3. The van der Waals surface area contributed by atoms with Gasteiger partial charge >= 0.3 is 0 Å². The smallest absolute Gasteiger partial charge is 0.277 e. The maximum absolute atomic E-state index is 14.3. The Hall–Kier alpha value is -6.21. The Balaban J connectivity index is 0.898. The molecule has 0 fully saturated rings. The van der Waals surface area contributed by atoms with Crippen molar-refractivity contribution in [1.29, 1.82) is 0 Å². The number of amides is 3. The number of ketones is 1. The molecular formula is C62H75N5O10S3. The molecule has 80 heavy (non-hydrogen) atoms. The third-order valence-electron chi connectivity index (χ3n) is 15.8. The van der Waals surface area contributed by atoms with Crippen LogP contribution in [0.25, 0.3) is 0 Å². The number of ether oxygens (including phenoxy) is 3. The summed E-state index contributed by atoms with van der Waals surface area (Å²) in [7, 11) is 3.70. The van der Waals surface area contributed by atoms with Crippen molar-refractivity contribution in [3.05, 3.63) is 141 Å². The van der Waals surface area contributed by atoms with Crippen molar-refractivity contribution in [1.82, 2.24) is 9.80 Å². The van der Waals surface area contributed by atoms with Gasteiger partial charge in [-0.2, -0.15) is 8.42 Å². The predicted octanol–water partition coefficient (Wildman–Crippen LogP) is 11.3. The van der Waals surface area contributed by atoms with Crippen LogP contribution in [0, 0.1) is 6.92 Å². The molecule has 426 valence electrons. The van der Waals surface area contributed by atoms with Crippen LogP contribution >= 0.6 is 21.6 Å². The summed E-state index contributed by atoms with van der Waals surface area (Å²) in [5.41, 5.74) is 10.4. The highest BCUT2D eigenvalue weighted by Crippen LogP contribution is 2.42. The van der Waals surface area contributed by atoms with Gasteiger partial charge in [0.05, 0.1) is 48.8 Å². The van der Waals surface area contributed by atoms with Gasteiger partial charge in [0.15, 0.2) is 17.3 Å². The van der Waals surface area contributed by atoms with Gasteiger partial charge in [-0.05, 0) is 122 Å². The second kappa shape index (κ2) is 25.7. The minimum Gasteiger partial charge on any atom is -0.493 e. The van der Waals surface area contributed by atoms with Gasteiger partial charge in [-0.3, -0.25) is 23.4 Å². The number of benzene rings is 5. The van der Waals surface area contributed by atoms with E-state index in [-0.39, 0.29) is 72.8 Å². The number of Topliss-reactive ketones (excluding diaryl/α,β-unsaturated/α-hetero) is 1. The Morgan fingerprint density at radius 1 is 0.775 bits per heavy atom. The monoisotopic (exact) mass is 1150 g/mol. The number of anilines is 3. The van der Waals surface area contributed by atoms with Crippen LogP contribution in [-0.2, 0) is 63.0 Å². The lowest BCUT2D eigenvalue weighted by atomic mass is 9.93. The largest absolute Gasteiger partial charge is 0.493 e. The van der Waals surface area contributed by atoms with E-state index in [0.29, 0.717) is 84.5 Å². The highest BCUT2D eigenvalue weighted by atomic mass is 33.1. The summed E-state index contributed by atoms with van der Waals surface area (Å²) >= 11 is 0. The van der Waals surface area contributed by atoms with E-state index in [2.05, 4.69) is 52.8 Å². The number of nitrogens with one attached hydrogen (secondary N) is 2. The predicted molar refractivity (Wildman–Crippen MR) is 319 cm³/mol. The van der Waals surface area contributed by atoms with Crippen molar-refractivity contribution in [3.63, 3.8) is 0 Å². The Morgan fingerprint density at radius 2 is 1.41 bits per heavy atom. The van der Waals surface area contributed by atoms with Crippen molar-refractivity contribution in [2.24, 2.45) is 0 Å². The molecule has 0 saturated carbocycles. The summed E-state index contributed by atoms with van der Waals surface area (Å²) in [6.07, 6.45) is 6.17. The molecule has 3 amide bonds. The highest BCUT2D eigenvalue weighted by Gasteiger charge is 2.38. The molecule has 0 saturated heterocycles. The fourth-order valence-electron chi connectivity index (χ4n) is 11.3. The fraction of sp³-hybridized carbons (Fsp3) is 0.452. The Labute approximate surface area is 479 Å². The SMILES string of the molecule is CCCCCCC(=O)C(CCSSC(C)(C)CCC(=O)Nc1cc(COc2cc3c(cc2C)C(=O)N2Cc4ccccc4C[C@H]2CN3C)cc(COc2cc3c(cc2OC)C(=O)N2Cc4ccccc4C[C@H]2CN3)c1)S(=O)(=O)OC. The third kappa shape index (κ3) is 13.7. The quantitative estimate of drug-likeness (QED) is 0.0339. The number of likely N-dealkylation sites (N-methyl/N-ethyl adjacent to an activating group) is 1. The Bertz CT molecular complexity index is 3220. The lowest BCUT2D eigenvalue weighted by Crippen LogP contribution is -2.47. The zero-order valence-corrected chi connectivity index (χ0v) is 49.5. The lowest BCUT2D eigenvalue weighted by Gasteiger charge is -2.36. The number of methoxy groups -OCH3 is 1. The maximum atomic E-state index is 14.3. The molecule has 5 aromatic carbocycles. The van der Waals surface area contributed by atoms with Crippen molar-refractivity contribution in [3.8, 4) is 17.2 Å². The van der Waals surface area contributed by atoms with Gasteiger partial charge in [-0.15, -0.1) is 0 Å². The van der Waals surface area contributed by atoms with Gasteiger partial charge in [-0.25, -0.2) is 0 Å². The summed E-state index contributed by atoms with van der Waals surface area (Å²) in [6, 6.07) is 29.8. The molecule has 0 aromatic heterocycles. The highest BCUT2D eigenvalue weighted by molar-refractivity contribution is 8.77. The lowest BCUT2D eigenvalue weighted by molar-refractivity contribution is -0.119. The van der Waals surface area contributed by atoms with Crippen LogP contribution in [0.3, 0.4) is 0 Å². The van der Waals surface area contributed by atoms with E-state index in [1.165, 1.54) is 27.5 Å². The number of hydrogen-bond acceptors (Lipinski definition) is 14. The molecule has 4 aliphatic rings. The maximum Gasteiger partial charge on any atom is 0.277 e. The summed E-state index contributed by atoms with van der Waals surface area (Å²) in [5, 5.41) is 5.46. The Morgan fingerprint density at radius 3 is 2.08 bits per heavy atom. The molecular weight excluding hydrogens is 1070 g/mol. The number of carbonyl (C=O) groups excluding carboxylic acids is 4. The van der Waals surface area contributed by atoms with Gasteiger partial charge in [0.1, 0.15) is 24.2 Å². The number of rotatable bonds is 24. The van der Waals surface area contributed by atoms with Crippen LogP contribution in [0.1, 0.15) is 132 Å². The van der Waals surface area contributed by atoms with E-state index in [1.54, 1.807) is 24.0 Å². The van der Waals surface area contributed by atoms with Crippen LogP contribution in [0.4, 0.5) is 17.1 Å². The van der Waals surface area contributed by atoms with Gasteiger partial charge in [0.2, 0.25) is 5.91 Å². The zero-order chi connectivity index (χ0) is 56.7. The van der Waals surface area contributed by atoms with E-state index >= 15 is 0 Å².